The average Bonchev–Trinajstić information content (AvgIpc) is 3.16. The molecule has 3 aromatic rings. The van der Waals surface area contributed by atoms with Crippen LogP contribution in [0, 0.1) is 5.82 Å². The standard InChI is InChI=1S/C21H20FN3O3/c1-23-21(27)25-15-6-4-5-14(13-15)24-20(26)12-10-16-9-11-19(28-16)17-7-2-3-8-18(17)22/h2-9,11,13H,10,12H2,1H3,(H,24,26)(H2,23,25,27). The van der Waals surface area contributed by atoms with Gasteiger partial charge in [-0.05, 0) is 42.5 Å². The molecule has 3 amide bonds. The molecule has 1 aromatic heterocycles. The number of nitrogens with one attached hydrogen (secondary N) is 3. The van der Waals surface area contributed by atoms with Crippen LogP contribution in [-0.2, 0) is 11.2 Å². The molecule has 6 nitrogen and oxygen atoms in total. The highest BCUT2D eigenvalue weighted by molar-refractivity contribution is 5.93. The van der Waals surface area contributed by atoms with Crippen LogP contribution in [0.1, 0.15) is 12.2 Å². The Morgan fingerprint density at radius 3 is 2.46 bits per heavy atom. The number of halogens is 1. The number of anilines is 2. The van der Waals surface area contributed by atoms with Gasteiger partial charge >= 0.3 is 6.03 Å². The summed E-state index contributed by atoms with van der Waals surface area (Å²) in [5, 5.41) is 7.88. The molecule has 0 spiro atoms. The molecule has 0 aliphatic heterocycles. The second kappa shape index (κ2) is 8.85. The van der Waals surface area contributed by atoms with Crippen molar-refractivity contribution in [1.82, 2.24) is 5.32 Å². The summed E-state index contributed by atoms with van der Waals surface area (Å²) >= 11 is 0. The van der Waals surface area contributed by atoms with Crippen LogP contribution in [0.2, 0.25) is 0 Å². The number of aryl methyl sites for hydroxylation is 1. The van der Waals surface area contributed by atoms with E-state index in [2.05, 4.69) is 16.0 Å². The minimum atomic E-state index is -0.355. The first-order valence-electron chi connectivity index (χ1n) is 8.77. The maximum Gasteiger partial charge on any atom is 0.318 e. The smallest absolute Gasteiger partial charge is 0.318 e. The van der Waals surface area contributed by atoms with Crippen molar-refractivity contribution in [3.05, 3.63) is 72.2 Å². The molecule has 3 rings (SSSR count). The van der Waals surface area contributed by atoms with Gasteiger partial charge in [-0.3, -0.25) is 4.79 Å². The minimum absolute atomic E-state index is 0.194. The molecule has 7 heteroatoms. The topological polar surface area (TPSA) is 83.4 Å². The molecule has 144 valence electrons. The van der Waals surface area contributed by atoms with Gasteiger partial charge in [0.2, 0.25) is 5.91 Å². The number of furan rings is 1. The molecule has 0 aliphatic rings. The van der Waals surface area contributed by atoms with Crippen LogP contribution < -0.4 is 16.0 Å². The summed E-state index contributed by atoms with van der Waals surface area (Å²) in [7, 11) is 1.52. The molecule has 0 radical (unpaired) electrons. The average molecular weight is 381 g/mol. The number of amides is 3. The third kappa shape index (κ3) is 4.97. The third-order valence-corrected chi connectivity index (χ3v) is 4.03. The van der Waals surface area contributed by atoms with E-state index in [0.717, 1.165) is 0 Å². The first kappa shape index (κ1) is 19.2. The van der Waals surface area contributed by atoms with Crippen molar-refractivity contribution in [3.8, 4) is 11.3 Å². The highest BCUT2D eigenvalue weighted by Crippen LogP contribution is 2.25. The zero-order chi connectivity index (χ0) is 19.9. The van der Waals surface area contributed by atoms with E-state index in [4.69, 9.17) is 4.42 Å². The molecule has 0 unspecified atom stereocenters. The van der Waals surface area contributed by atoms with Crippen molar-refractivity contribution in [2.75, 3.05) is 17.7 Å². The second-order valence-corrected chi connectivity index (χ2v) is 6.08. The molecule has 0 atom stereocenters. The number of carbonyl (C=O) groups is 2. The van der Waals surface area contributed by atoms with Gasteiger partial charge in [0.25, 0.3) is 0 Å². The van der Waals surface area contributed by atoms with E-state index in [1.807, 2.05) is 0 Å². The van der Waals surface area contributed by atoms with Gasteiger partial charge in [0.15, 0.2) is 0 Å². The number of carbonyl (C=O) groups excluding carboxylic acids is 2. The monoisotopic (exact) mass is 381 g/mol. The molecule has 0 saturated carbocycles. The zero-order valence-electron chi connectivity index (χ0n) is 15.3. The fourth-order valence-corrected chi connectivity index (χ4v) is 2.65. The molecule has 28 heavy (non-hydrogen) atoms. The van der Waals surface area contributed by atoms with Crippen molar-refractivity contribution in [3.63, 3.8) is 0 Å². The van der Waals surface area contributed by atoms with Crippen LogP contribution in [-0.4, -0.2) is 19.0 Å². The van der Waals surface area contributed by atoms with E-state index in [-0.39, 0.29) is 24.2 Å². The first-order chi connectivity index (χ1) is 13.5. The van der Waals surface area contributed by atoms with Gasteiger partial charge < -0.3 is 20.4 Å². The van der Waals surface area contributed by atoms with Crippen molar-refractivity contribution >= 4 is 23.3 Å². The molecular formula is C21H20FN3O3. The van der Waals surface area contributed by atoms with Crippen LogP contribution in [0.4, 0.5) is 20.6 Å². The summed E-state index contributed by atoms with van der Waals surface area (Å²) in [6.07, 6.45) is 0.591. The molecule has 0 fully saturated rings. The quantitative estimate of drug-likeness (QED) is 0.591. The van der Waals surface area contributed by atoms with Crippen molar-refractivity contribution in [1.29, 1.82) is 0 Å². The van der Waals surface area contributed by atoms with Gasteiger partial charge in [-0.25, -0.2) is 9.18 Å². The highest BCUT2D eigenvalue weighted by Gasteiger charge is 2.11. The Morgan fingerprint density at radius 1 is 0.964 bits per heavy atom. The van der Waals surface area contributed by atoms with Crippen molar-refractivity contribution in [2.24, 2.45) is 0 Å². The van der Waals surface area contributed by atoms with Crippen LogP contribution in [0.3, 0.4) is 0 Å². The van der Waals surface area contributed by atoms with Crippen LogP contribution >= 0.6 is 0 Å². The highest BCUT2D eigenvalue weighted by atomic mass is 19.1. The van der Waals surface area contributed by atoms with Gasteiger partial charge in [-0.1, -0.05) is 18.2 Å². The van der Waals surface area contributed by atoms with E-state index in [1.165, 1.54) is 13.1 Å². The Kier molecular flexibility index (Phi) is 6.06. The lowest BCUT2D eigenvalue weighted by atomic mass is 10.1. The Morgan fingerprint density at radius 2 is 1.71 bits per heavy atom. The van der Waals surface area contributed by atoms with E-state index < -0.39 is 0 Å². The number of urea groups is 1. The summed E-state index contributed by atoms with van der Waals surface area (Å²) in [4.78, 5) is 23.6. The molecule has 2 aromatic carbocycles. The lowest BCUT2D eigenvalue weighted by molar-refractivity contribution is -0.116. The normalized spacial score (nSPS) is 10.4. The molecule has 0 bridgehead atoms. The predicted octanol–water partition coefficient (Wildman–Crippen LogP) is 4.41. The van der Waals surface area contributed by atoms with Gasteiger partial charge in [-0.15, -0.1) is 0 Å². The van der Waals surface area contributed by atoms with Crippen LogP contribution in [0.15, 0.2) is 65.1 Å². The maximum absolute atomic E-state index is 13.8. The second-order valence-electron chi connectivity index (χ2n) is 6.08. The fraction of sp³-hybridized carbons (Fsp3) is 0.143. The number of hydrogen-bond donors (Lipinski definition) is 3. The van der Waals surface area contributed by atoms with Gasteiger partial charge in [-0.2, -0.15) is 0 Å². The summed E-state index contributed by atoms with van der Waals surface area (Å²) in [5.74, 6) is 0.484. The maximum atomic E-state index is 13.8. The van der Waals surface area contributed by atoms with Crippen LogP contribution in [0.5, 0.6) is 0 Å². The van der Waals surface area contributed by atoms with Gasteiger partial charge in [0, 0.05) is 31.3 Å². The minimum Gasteiger partial charge on any atom is -0.461 e. The van der Waals surface area contributed by atoms with E-state index in [1.54, 1.807) is 54.6 Å². The van der Waals surface area contributed by atoms with Crippen molar-refractivity contribution < 1.29 is 18.4 Å². The van der Waals surface area contributed by atoms with E-state index in [0.29, 0.717) is 34.9 Å². The number of hydrogen-bond acceptors (Lipinski definition) is 3. The largest absolute Gasteiger partial charge is 0.461 e. The zero-order valence-corrected chi connectivity index (χ0v) is 15.3. The fourth-order valence-electron chi connectivity index (χ4n) is 2.65. The van der Waals surface area contributed by atoms with Crippen molar-refractivity contribution in [2.45, 2.75) is 12.8 Å². The number of rotatable bonds is 6. The van der Waals surface area contributed by atoms with E-state index in [9.17, 15) is 14.0 Å². The Bertz CT molecular complexity index is 984. The molecule has 3 N–H and O–H groups in total. The Labute approximate surface area is 161 Å². The SMILES string of the molecule is CNC(=O)Nc1cccc(NC(=O)CCc2ccc(-c3ccccc3F)o2)c1. The molecule has 0 saturated heterocycles. The predicted molar refractivity (Wildman–Crippen MR) is 106 cm³/mol. The lowest BCUT2D eigenvalue weighted by Crippen LogP contribution is -2.24. The molecule has 1 heterocycles. The molecule has 0 aliphatic carbocycles. The Hall–Kier alpha value is -3.61. The lowest BCUT2D eigenvalue weighted by Gasteiger charge is -2.08. The Balaban J connectivity index is 1.56. The van der Waals surface area contributed by atoms with Crippen LogP contribution in [0.25, 0.3) is 11.3 Å². The first-order valence-corrected chi connectivity index (χ1v) is 8.77. The molecular weight excluding hydrogens is 361 g/mol. The van der Waals surface area contributed by atoms with E-state index >= 15 is 0 Å². The summed E-state index contributed by atoms with van der Waals surface area (Å²) in [5.41, 5.74) is 1.53. The summed E-state index contributed by atoms with van der Waals surface area (Å²) in [6.45, 7) is 0. The summed E-state index contributed by atoms with van der Waals surface area (Å²) in [6, 6.07) is 16.3. The third-order valence-electron chi connectivity index (χ3n) is 4.03. The van der Waals surface area contributed by atoms with Gasteiger partial charge in [0.05, 0.1) is 5.56 Å². The summed E-state index contributed by atoms with van der Waals surface area (Å²) < 4.78 is 19.5. The van der Waals surface area contributed by atoms with Gasteiger partial charge in [0.1, 0.15) is 17.3 Å². The number of benzene rings is 2.